The Kier molecular flexibility index (Phi) is 3.10. The summed E-state index contributed by atoms with van der Waals surface area (Å²) < 4.78 is 0. The van der Waals surface area contributed by atoms with Crippen LogP contribution in [0, 0.1) is 28.1 Å². The molecule has 3 atom stereocenters. The molecule has 4 fully saturated rings. The van der Waals surface area contributed by atoms with Crippen molar-refractivity contribution in [3.05, 3.63) is 0 Å². The number of rotatable bonds is 4. The van der Waals surface area contributed by atoms with Crippen LogP contribution in [0.3, 0.4) is 0 Å². The van der Waals surface area contributed by atoms with E-state index in [9.17, 15) is 0 Å². The lowest BCUT2D eigenvalue weighted by Crippen LogP contribution is -2.56. The van der Waals surface area contributed by atoms with Crippen molar-refractivity contribution in [2.75, 3.05) is 7.05 Å². The van der Waals surface area contributed by atoms with Gasteiger partial charge in [0.15, 0.2) is 0 Å². The maximum absolute atomic E-state index is 3.60. The minimum atomic E-state index is 0.668. The molecule has 0 aromatic heterocycles. The van der Waals surface area contributed by atoms with Gasteiger partial charge in [-0.2, -0.15) is 0 Å². The van der Waals surface area contributed by atoms with Crippen LogP contribution in [0.2, 0.25) is 0 Å². The second-order valence-corrected chi connectivity index (χ2v) is 9.47. The zero-order valence-corrected chi connectivity index (χ0v) is 13.7. The van der Waals surface area contributed by atoms with Gasteiger partial charge >= 0.3 is 0 Å². The van der Waals surface area contributed by atoms with E-state index in [1.807, 2.05) is 0 Å². The largest absolute Gasteiger partial charge is 0.317 e. The summed E-state index contributed by atoms with van der Waals surface area (Å²) in [6.45, 7) is 9.94. The lowest BCUT2D eigenvalue weighted by Gasteiger charge is -2.66. The van der Waals surface area contributed by atoms with Gasteiger partial charge in [-0.1, -0.05) is 27.7 Å². The van der Waals surface area contributed by atoms with E-state index in [4.69, 9.17) is 0 Å². The summed E-state index contributed by atoms with van der Waals surface area (Å²) in [5.74, 6) is 1.80. The molecular weight excluding hydrogens is 230 g/mol. The van der Waals surface area contributed by atoms with Gasteiger partial charge in [-0.25, -0.2) is 0 Å². The topological polar surface area (TPSA) is 12.0 Å². The summed E-state index contributed by atoms with van der Waals surface area (Å²) in [7, 11) is 2.16. The van der Waals surface area contributed by atoms with E-state index in [-0.39, 0.29) is 0 Å². The second-order valence-electron chi connectivity index (χ2n) is 9.47. The molecule has 0 radical (unpaired) electrons. The summed E-state index contributed by atoms with van der Waals surface area (Å²) in [4.78, 5) is 0. The van der Waals surface area contributed by atoms with Crippen LogP contribution in [-0.2, 0) is 0 Å². The van der Waals surface area contributed by atoms with Gasteiger partial charge in [0.1, 0.15) is 0 Å². The maximum Gasteiger partial charge on any atom is 0.00923 e. The Morgan fingerprint density at radius 2 is 1.58 bits per heavy atom. The van der Waals surface area contributed by atoms with Gasteiger partial charge in [0.05, 0.1) is 0 Å². The molecule has 0 aliphatic heterocycles. The minimum absolute atomic E-state index is 0.668. The Bertz CT molecular complexity index is 341. The lowest BCUT2D eigenvalue weighted by molar-refractivity contribution is -0.151. The first-order valence-electron chi connectivity index (χ1n) is 8.45. The van der Waals surface area contributed by atoms with E-state index in [1.165, 1.54) is 44.9 Å². The van der Waals surface area contributed by atoms with Crippen molar-refractivity contribution in [2.24, 2.45) is 28.1 Å². The number of hydrogen-bond donors (Lipinski definition) is 1. The minimum Gasteiger partial charge on any atom is -0.317 e. The van der Waals surface area contributed by atoms with Crippen molar-refractivity contribution in [1.29, 1.82) is 0 Å². The fourth-order valence-corrected chi connectivity index (χ4v) is 7.05. The first kappa shape index (κ1) is 13.9. The highest BCUT2D eigenvalue weighted by Crippen LogP contribution is 2.70. The molecule has 0 saturated heterocycles. The van der Waals surface area contributed by atoms with E-state index >= 15 is 0 Å². The quantitative estimate of drug-likeness (QED) is 0.780. The third-order valence-corrected chi connectivity index (χ3v) is 6.57. The fraction of sp³-hybridized carbons (Fsp3) is 1.00. The SMILES string of the molecule is CNC(CC12CC3CC(C)(CC(C)(C3)C1)C2)C(C)C. The van der Waals surface area contributed by atoms with E-state index in [0.717, 1.165) is 11.8 Å². The third-order valence-electron chi connectivity index (χ3n) is 6.57. The Hall–Kier alpha value is -0.0400. The molecule has 0 amide bonds. The first-order chi connectivity index (χ1) is 8.77. The molecule has 3 unspecified atom stereocenters. The average Bonchev–Trinajstić information content (AvgIpc) is 2.20. The van der Waals surface area contributed by atoms with Crippen LogP contribution in [0.5, 0.6) is 0 Å². The van der Waals surface area contributed by atoms with E-state index in [1.54, 1.807) is 0 Å². The molecule has 4 bridgehead atoms. The summed E-state index contributed by atoms with van der Waals surface area (Å²) in [6, 6.07) is 0.712. The Morgan fingerprint density at radius 3 is 2.00 bits per heavy atom. The molecule has 0 heterocycles. The molecule has 1 heteroatoms. The predicted molar refractivity (Wildman–Crippen MR) is 82.1 cm³/mol. The van der Waals surface area contributed by atoms with Crippen LogP contribution in [-0.4, -0.2) is 13.1 Å². The molecule has 110 valence electrons. The van der Waals surface area contributed by atoms with E-state index < -0.39 is 0 Å². The van der Waals surface area contributed by atoms with Crippen molar-refractivity contribution in [3.8, 4) is 0 Å². The van der Waals surface area contributed by atoms with Gasteiger partial charge in [-0.15, -0.1) is 0 Å². The van der Waals surface area contributed by atoms with Crippen LogP contribution < -0.4 is 5.32 Å². The zero-order valence-electron chi connectivity index (χ0n) is 13.7. The van der Waals surface area contributed by atoms with Crippen molar-refractivity contribution >= 4 is 0 Å². The van der Waals surface area contributed by atoms with Crippen molar-refractivity contribution < 1.29 is 0 Å². The Balaban J connectivity index is 1.84. The molecule has 4 aliphatic rings. The van der Waals surface area contributed by atoms with Gasteiger partial charge in [0.2, 0.25) is 0 Å². The van der Waals surface area contributed by atoms with Crippen molar-refractivity contribution in [1.82, 2.24) is 5.32 Å². The van der Waals surface area contributed by atoms with Crippen molar-refractivity contribution in [2.45, 2.75) is 78.7 Å². The number of nitrogens with one attached hydrogen (secondary N) is 1. The van der Waals surface area contributed by atoms with Gasteiger partial charge in [-0.05, 0) is 80.1 Å². The van der Waals surface area contributed by atoms with Gasteiger partial charge in [0, 0.05) is 6.04 Å². The van der Waals surface area contributed by atoms with E-state index in [0.29, 0.717) is 22.3 Å². The predicted octanol–water partition coefficient (Wildman–Crippen LogP) is 4.62. The molecule has 0 aromatic carbocycles. The van der Waals surface area contributed by atoms with Crippen LogP contribution in [0.4, 0.5) is 0 Å². The molecule has 4 saturated carbocycles. The highest BCUT2D eigenvalue weighted by molar-refractivity contribution is 5.11. The van der Waals surface area contributed by atoms with Crippen LogP contribution in [0.15, 0.2) is 0 Å². The van der Waals surface area contributed by atoms with Gasteiger partial charge < -0.3 is 5.32 Å². The fourth-order valence-electron chi connectivity index (χ4n) is 7.05. The lowest BCUT2D eigenvalue weighted by atomic mass is 9.39. The second kappa shape index (κ2) is 4.23. The summed E-state index contributed by atoms with van der Waals surface area (Å²) in [5.41, 5.74) is 2.01. The van der Waals surface area contributed by atoms with Crippen LogP contribution >= 0.6 is 0 Å². The normalized spacial score (nSPS) is 49.9. The standard InChI is InChI=1S/C18H33N/c1-13(2)15(19-5)9-18-8-14-6-16(3,11-18)10-17(4,7-14)12-18/h13-15,19H,6-12H2,1-5H3. The summed E-state index contributed by atoms with van der Waals surface area (Å²) in [6.07, 6.45) is 10.5. The number of hydrogen-bond acceptors (Lipinski definition) is 1. The smallest absolute Gasteiger partial charge is 0.00923 e. The van der Waals surface area contributed by atoms with Crippen LogP contribution in [0.25, 0.3) is 0 Å². The highest BCUT2D eigenvalue weighted by atomic mass is 14.9. The molecule has 4 rings (SSSR count). The summed E-state index contributed by atoms with van der Waals surface area (Å²) >= 11 is 0. The van der Waals surface area contributed by atoms with E-state index in [2.05, 4.69) is 40.1 Å². The zero-order chi connectivity index (χ0) is 13.9. The highest BCUT2D eigenvalue weighted by Gasteiger charge is 2.60. The summed E-state index contributed by atoms with van der Waals surface area (Å²) in [5, 5.41) is 3.60. The maximum atomic E-state index is 3.60. The average molecular weight is 263 g/mol. The Morgan fingerprint density at radius 1 is 1.00 bits per heavy atom. The molecule has 1 N–H and O–H groups in total. The van der Waals surface area contributed by atoms with Crippen LogP contribution in [0.1, 0.15) is 72.6 Å². The van der Waals surface area contributed by atoms with Gasteiger partial charge in [0.25, 0.3) is 0 Å². The van der Waals surface area contributed by atoms with Gasteiger partial charge in [-0.3, -0.25) is 0 Å². The molecule has 4 aliphatic carbocycles. The third kappa shape index (κ3) is 2.37. The molecule has 0 spiro atoms. The molecular formula is C18H33N. The first-order valence-corrected chi connectivity index (χ1v) is 8.45. The monoisotopic (exact) mass is 263 g/mol. The molecule has 19 heavy (non-hydrogen) atoms. The Labute approximate surface area is 119 Å². The van der Waals surface area contributed by atoms with Crippen molar-refractivity contribution in [3.63, 3.8) is 0 Å². The molecule has 1 nitrogen and oxygen atoms in total. The molecule has 0 aromatic rings.